The average molecular weight is 383 g/mol. The van der Waals surface area contributed by atoms with Gasteiger partial charge in [0.15, 0.2) is 11.5 Å². The van der Waals surface area contributed by atoms with Crippen LogP contribution in [0.15, 0.2) is 66.6 Å². The highest BCUT2D eigenvalue weighted by molar-refractivity contribution is 5.95. The van der Waals surface area contributed by atoms with E-state index in [2.05, 4.69) is 23.4 Å². The van der Waals surface area contributed by atoms with Gasteiger partial charge < -0.3 is 14.8 Å². The van der Waals surface area contributed by atoms with Gasteiger partial charge in [0.1, 0.15) is 6.26 Å². The first-order chi connectivity index (χ1) is 14.2. The SMILES string of the molecule is C#Cc1ccccc1C1OC=C(C2Nc3ccc(C(C)=O)cc3C3C=CCC23)O1. The van der Waals surface area contributed by atoms with Crippen LogP contribution in [-0.4, -0.2) is 11.8 Å². The number of rotatable bonds is 3. The molecule has 4 heteroatoms. The van der Waals surface area contributed by atoms with Crippen molar-refractivity contribution in [1.82, 2.24) is 0 Å². The Morgan fingerprint density at radius 1 is 1.21 bits per heavy atom. The molecule has 1 N–H and O–H groups in total. The van der Waals surface area contributed by atoms with Gasteiger partial charge in [-0.2, -0.15) is 0 Å². The molecule has 29 heavy (non-hydrogen) atoms. The van der Waals surface area contributed by atoms with E-state index >= 15 is 0 Å². The Morgan fingerprint density at radius 3 is 2.90 bits per heavy atom. The molecule has 0 spiro atoms. The molecule has 4 unspecified atom stereocenters. The van der Waals surface area contributed by atoms with Crippen LogP contribution in [0.2, 0.25) is 0 Å². The molecule has 5 rings (SSSR count). The summed E-state index contributed by atoms with van der Waals surface area (Å²) < 4.78 is 12.1. The summed E-state index contributed by atoms with van der Waals surface area (Å²) in [6.45, 7) is 1.60. The van der Waals surface area contributed by atoms with E-state index < -0.39 is 6.29 Å². The topological polar surface area (TPSA) is 47.6 Å². The molecule has 3 aliphatic rings. The van der Waals surface area contributed by atoms with Crippen LogP contribution in [0.1, 0.15) is 52.6 Å². The van der Waals surface area contributed by atoms with Gasteiger partial charge in [0, 0.05) is 34.2 Å². The lowest BCUT2D eigenvalue weighted by molar-refractivity contribution is -0.0382. The number of benzene rings is 2. The number of nitrogens with one attached hydrogen (secondary N) is 1. The van der Waals surface area contributed by atoms with E-state index in [0.717, 1.165) is 34.6 Å². The summed E-state index contributed by atoms with van der Waals surface area (Å²) in [7, 11) is 0. The summed E-state index contributed by atoms with van der Waals surface area (Å²) >= 11 is 0. The van der Waals surface area contributed by atoms with Crippen molar-refractivity contribution in [1.29, 1.82) is 0 Å². The zero-order valence-corrected chi connectivity index (χ0v) is 16.1. The summed E-state index contributed by atoms with van der Waals surface area (Å²) in [4.78, 5) is 11.8. The predicted molar refractivity (Wildman–Crippen MR) is 111 cm³/mol. The summed E-state index contributed by atoms with van der Waals surface area (Å²) in [5, 5.41) is 3.61. The maximum atomic E-state index is 11.8. The predicted octanol–water partition coefficient (Wildman–Crippen LogP) is 4.91. The Hall–Kier alpha value is -3.45. The van der Waals surface area contributed by atoms with Gasteiger partial charge in [-0.1, -0.05) is 36.3 Å². The molecule has 4 atom stereocenters. The number of Topliss-reactive ketones (excluding diaryl/α,β-unsaturated/α-hetero) is 1. The second-order valence-corrected chi connectivity index (χ2v) is 7.67. The Balaban J connectivity index is 1.43. The fourth-order valence-electron chi connectivity index (χ4n) is 4.52. The number of carbonyl (C=O) groups is 1. The van der Waals surface area contributed by atoms with Crippen LogP contribution < -0.4 is 5.32 Å². The lowest BCUT2D eigenvalue weighted by Gasteiger charge is -2.37. The maximum Gasteiger partial charge on any atom is 0.268 e. The lowest BCUT2D eigenvalue weighted by Crippen LogP contribution is -2.37. The molecule has 144 valence electrons. The second-order valence-electron chi connectivity index (χ2n) is 7.67. The van der Waals surface area contributed by atoms with E-state index in [9.17, 15) is 4.79 Å². The van der Waals surface area contributed by atoms with Gasteiger partial charge in [-0.25, -0.2) is 0 Å². The number of fused-ring (bicyclic) bond motifs is 3. The Kier molecular flexibility index (Phi) is 4.17. The number of anilines is 1. The van der Waals surface area contributed by atoms with Crippen LogP contribution in [0.25, 0.3) is 0 Å². The van der Waals surface area contributed by atoms with Crippen LogP contribution in [0.3, 0.4) is 0 Å². The molecular weight excluding hydrogens is 362 g/mol. The van der Waals surface area contributed by atoms with Gasteiger partial charge in [0.05, 0.1) is 6.04 Å². The van der Waals surface area contributed by atoms with Gasteiger partial charge >= 0.3 is 0 Å². The molecule has 0 radical (unpaired) electrons. The largest absolute Gasteiger partial charge is 0.455 e. The summed E-state index contributed by atoms with van der Waals surface area (Å²) in [6, 6.07) is 13.5. The van der Waals surface area contributed by atoms with Gasteiger partial charge in [-0.3, -0.25) is 4.79 Å². The summed E-state index contributed by atoms with van der Waals surface area (Å²) in [6.07, 6.45) is 12.2. The maximum absolute atomic E-state index is 11.8. The molecule has 0 saturated carbocycles. The number of ketones is 1. The van der Waals surface area contributed by atoms with Crippen molar-refractivity contribution in [3.8, 4) is 12.3 Å². The minimum Gasteiger partial charge on any atom is -0.455 e. The van der Waals surface area contributed by atoms with Crippen LogP contribution in [0.5, 0.6) is 0 Å². The summed E-state index contributed by atoms with van der Waals surface area (Å²) in [5.41, 5.74) is 4.57. The molecule has 1 aliphatic carbocycles. The number of hydrogen-bond acceptors (Lipinski definition) is 4. The molecule has 2 aliphatic heterocycles. The third-order valence-corrected chi connectivity index (χ3v) is 6.00. The standard InChI is InChI=1S/C25H21NO3/c1-3-16-7-4-5-8-18(16)25-28-14-23(29-25)24-20-10-6-9-19(20)21-13-17(15(2)27)11-12-22(21)26-24/h1,4-9,11-14,19-20,24-26H,10H2,2H3. The van der Waals surface area contributed by atoms with Crippen molar-refractivity contribution in [3.63, 3.8) is 0 Å². The van der Waals surface area contributed by atoms with E-state index in [1.165, 1.54) is 5.56 Å². The third-order valence-electron chi connectivity index (χ3n) is 6.00. The zero-order chi connectivity index (χ0) is 20.0. The fourth-order valence-corrected chi connectivity index (χ4v) is 4.52. The molecule has 2 aromatic rings. The molecule has 0 amide bonds. The van der Waals surface area contributed by atoms with Crippen molar-refractivity contribution in [3.05, 3.63) is 88.9 Å². The highest BCUT2D eigenvalue weighted by atomic mass is 16.7. The van der Waals surface area contributed by atoms with E-state index in [1.54, 1.807) is 13.2 Å². The first-order valence-electron chi connectivity index (χ1n) is 9.81. The number of allylic oxidation sites excluding steroid dienone is 2. The average Bonchev–Trinajstić information content (AvgIpc) is 3.43. The van der Waals surface area contributed by atoms with Crippen LogP contribution >= 0.6 is 0 Å². The van der Waals surface area contributed by atoms with Crippen molar-refractivity contribution < 1.29 is 14.3 Å². The third kappa shape index (κ3) is 2.91. The monoisotopic (exact) mass is 383 g/mol. The molecule has 2 aromatic carbocycles. The highest BCUT2D eigenvalue weighted by Crippen LogP contribution is 2.48. The molecule has 0 saturated heterocycles. The van der Waals surface area contributed by atoms with Crippen LogP contribution in [0, 0.1) is 18.3 Å². The quantitative estimate of drug-likeness (QED) is 0.465. The molecule has 0 fully saturated rings. The Labute approximate surface area is 170 Å². The first-order valence-corrected chi connectivity index (χ1v) is 9.81. The van der Waals surface area contributed by atoms with Gasteiger partial charge in [0.2, 0.25) is 0 Å². The molecule has 4 nitrogen and oxygen atoms in total. The second kappa shape index (κ2) is 6.86. The Bertz CT molecular complexity index is 1090. The molecule has 0 bridgehead atoms. The van der Waals surface area contributed by atoms with Crippen molar-refractivity contribution >= 4 is 11.5 Å². The van der Waals surface area contributed by atoms with Crippen LogP contribution in [0.4, 0.5) is 5.69 Å². The minimum atomic E-state index is -0.534. The Morgan fingerprint density at radius 2 is 2.07 bits per heavy atom. The number of ether oxygens (including phenoxy) is 2. The lowest BCUT2D eigenvalue weighted by atomic mass is 9.78. The van der Waals surface area contributed by atoms with Crippen molar-refractivity contribution in [2.75, 3.05) is 5.32 Å². The zero-order valence-electron chi connectivity index (χ0n) is 16.1. The van der Waals surface area contributed by atoms with Crippen LogP contribution in [-0.2, 0) is 9.47 Å². The molecule has 2 heterocycles. The van der Waals surface area contributed by atoms with E-state index in [4.69, 9.17) is 15.9 Å². The van der Waals surface area contributed by atoms with Gasteiger partial charge in [-0.05, 0) is 43.2 Å². The summed E-state index contributed by atoms with van der Waals surface area (Å²) in [5.74, 6) is 4.11. The van der Waals surface area contributed by atoms with E-state index in [-0.39, 0.29) is 17.7 Å². The number of carbonyl (C=O) groups excluding carboxylic acids is 1. The van der Waals surface area contributed by atoms with Crippen molar-refractivity contribution in [2.24, 2.45) is 5.92 Å². The van der Waals surface area contributed by atoms with E-state index in [1.807, 2.05) is 42.5 Å². The van der Waals surface area contributed by atoms with Gasteiger partial charge in [-0.15, -0.1) is 6.42 Å². The van der Waals surface area contributed by atoms with E-state index in [0.29, 0.717) is 5.92 Å². The smallest absolute Gasteiger partial charge is 0.268 e. The number of terminal acetylenes is 1. The fraction of sp³-hybridized carbons (Fsp3) is 0.240. The van der Waals surface area contributed by atoms with Crippen molar-refractivity contribution in [2.45, 2.75) is 31.6 Å². The molecule has 0 aromatic heterocycles. The van der Waals surface area contributed by atoms with Gasteiger partial charge in [0.25, 0.3) is 6.29 Å². The normalized spacial score (nSPS) is 26.3. The first kappa shape index (κ1) is 17.6. The molecular formula is C25H21NO3. The highest BCUT2D eigenvalue weighted by Gasteiger charge is 2.42. The number of hydrogen-bond donors (Lipinski definition) is 1. The minimum absolute atomic E-state index is 0.00586.